The van der Waals surface area contributed by atoms with Gasteiger partial charge in [0.25, 0.3) is 0 Å². The Morgan fingerprint density at radius 3 is 2.12 bits per heavy atom. The Morgan fingerprint density at radius 2 is 1.76 bits per heavy atom. The predicted octanol–water partition coefficient (Wildman–Crippen LogP) is 0.963. The van der Waals surface area contributed by atoms with Crippen molar-refractivity contribution in [3.05, 3.63) is 17.8 Å². The molecule has 5 nitrogen and oxygen atoms in total. The molecule has 0 fully saturated rings. The van der Waals surface area contributed by atoms with Crippen LogP contribution in [0.1, 0.15) is 19.5 Å². The summed E-state index contributed by atoms with van der Waals surface area (Å²) < 4.78 is 39.0. The Bertz CT molecular complexity index is 376. The lowest BCUT2D eigenvalue weighted by atomic mass is 9.88. The fraction of sp³-hybridized carbons (Fsp3) is 0.556. The van der Waals surface area contributed by atoms with Crippen LogP contribution in [0.3, 0.4) is 0 Å². The van der Waals surface area contributed by atoms with Gasteiger partial charge in [0.15, 0.2) is 6.29 Å². The maximum atomic E-state index is 11.8. The third kappa shape index (κ3) is 3.53. The summed E-state index contributed by atoms with van der Waals surface area (Å²) in [5.41, 5.74) is -0.994. The van der Waals surface area contributed by atoms with Crippen molar-refractivity contribution in [1.29, 1.82) is 0 Å². The van der Waals surface area contributed by atoms with Crippen molar-refractivity contribution in [2.45, 2.75) is 31.9 Å². The van der Waals surface area contributed by atoms with E-state index in [4.69, 9.17) is 10.2 Å². The fourth-order valence-electron chi connectivity index (χ4n) is 0.969. The van der Waals surface area contributed by atoms with E-state index in [0.717, 1.165) is 6.07 Å². The van der Waals surface area contributed by atoms with E-state index in [2.05, 4.69) is 14.9 Å². The molecule has 1 aromatic heterocycles. The van der Waals surface area contributed by atoms with Crippen molar-refractivity contribution in [3.63, 3.8) is 0 Å². The van der Waals surface area contributed by atoms with E-state index in [0.29, 0.717) is 0 Å². The predicted molar refractivity (Wildman–Crippen MR) is 50.0 cm³/mol. The van der Waals surface area contributed by atoms with Gasteiger partial charge in [-0.3, -0.25) is 0 Å². The summed E-state index contributed by atoms with van der Waals surface area (Å²) in [4.78, 5) is 0. The molecule has 0 amide bonds. The first-order valence-corrected chi connectivity index (χ1v) is 4.59. The average molecular weight is 252 g/mol. The minimum absolute atomic E-state index is 0.141. The molecule has 0 aliphatic carbocycles. The number of alkyl halides is 3. The second kappa shape index (κ2) is 4.46. The number of rotatable bonds is 3. The van der Waals surface area contributed by atoms with Crippen LogP contribution in [-0.4, -0.2) is 33.1 Å². The minimum Gasteiger partial charge on any atom is -0.386 e. The zero-order valence-electron chi connectivity index (χ0n) is 9.06. The first-order chi connectivity index (χ1) is 7.63. The molecule has 0 bridgehead atoms. The third-order valence-electron chi connectivity index (χ3n) is 2.17. The first kappa shape index (κ1) is 13.7. The Morgan fingerprint density at radius 1 is 1.18 bits per heavy atom. The summed E-state index contributed by atoms with van der Waals surface area (Å²) in [5.74, 6) is -0.704. The molecule has 0 atom stereocenters. The number of aliphatic hydroxyl groups excluding tert-OH is 1. The van der Waals surface area contributed by atoms with Gasteiger partial charge in [0, 0.05) is 6.07 Å². The number of aromatic nitrogens is 2. The van der Waals surface area contributed by atoms with Crippen LogP contribution < -0.4 is 4.74 Å². The lowest BCUT2D eigenvalue weighted by molar-refractivity contribution is -0.276. The second-order valence-electron chi connectivity index (χ2n) is 3.90. The van der Waals surface area contributed by atoms with Crippen LogP contribution >= 0.6 is 0 Å². The van der Waals surface area contributed by atoms with E-state index in [1.165, 1.54) is 19.9 Å². The van der Waals surface area contributed by atoms with Crippen molar-refractivity contribution in [2.75, 3.05) is 0 Å². The highest BCUT2D eigenvalue weighted by atomic mass is 19.4. The molecule has 0 spiro atoms. The van der Waals surface area contributed by atoms with E-state index >= 15 is 0 Å². The van der Waals surface area contributed by atoms with Gasteiger partial charge in [-0.25, -0.2) is 0 Å². The van der Waals surface area contributed by atoms with Gasteiger partial charge in [-0.1, -0.05) is 0 Å². The molecule has 8 heteroatoms. The number of halogens is 3. The van der Waals surface area contributed by atoms with E-state index in [-0.39, 0.29) is 5.69 Å². The van der Waals surface area contributed by atoms with Gasteiger partial charge in [0.05, 0.1) is 11.1 Å². The molecular weight excluding hydrogens is 241 g/mol. The number of ether oxygens (including phenoxy) is 1. The van der Waals surface area contributed by atoms with E-state index in [1.54, 1.807) is 0 Å². The van der Waals surface area contributed by atoms with Crippen LogP contribution in [0.25, 0.3) is 0 Å². The maximum absolute atomic E-state index is 11.8. The summed E-state index contributed by atoms with van der Waals surface area (Å²) >= 11 is 0. The highest BCUT2D eigenvalue weighted by Crippen LogP contribution is 2.26. The molecule has 17 heavy (non-hydrogen) atoms. The molecule has 1 heterocycles. The number of hydrogen-bond acceptors (Lipinski definition) is 5. The van der Waals surface area contributed by atoms with Crippen LogP contribution in [0.5, 0.6) is 5.88 Å². The van der Waals surface area contributed by atoms with Gasteiger partial charge in [0.2, 0.25) is 5.88 Å². The number of aliphatic hydroxyl groups is 2. The molecule has 0 saturated carbocycles. The van der Waals surface area contributed by atoms with Crippen LogP contribution in [0.4, 0.5) is 13.2 Å². The lowest BCUT2D eigenvalue weighted by Crippen LogP contribution is -2.34. The average Bonchev–Trinajstić information content (AvgIpc) is 2.15. The van der Waals surface area contributed by atoms with Crippen molar-refractivity contribution >= 4 is 0 Å². The standard InChI is InChI=1S/C9H11F3N2O3/c1-8(2,7(15)16)5-3-4-6(14-13-5)17-9(10,11)12/h3-4,7,15-16H,1-2H3. The van der Waals surface area contributed by atoms with Gasteiger partial charge in [-0.15, -0.1) is 18.3 Å². The Balaban J connectivity index is 2.89. The molecule has 0 aliphatic rings. The quantitative estimate of drug-likeness (QED) is 0.784. The largest absolute Gasteiger partial charge is 0.574 e. The van der Waals surface area contributed by atoms with Crippen LogP contribution in [0.2, 0.25) is 0 Å². The molecule has 1 rings (SSSR count). The van der Waals surface area contributed by atoms with Gasteiger partial charge in [-0.2, -0.15) is 5.10 Å². The highest BCUT2D eigenvalue weighted by Gasteiger charge is 2.33. The van der Waals surface area contributed by atoms with Gasteiger partial charge in [0.1, 0.15) is 0 Å². The topological polar surface area (TPSA) is 75.5 Å². The SMILES string of the molecule is CC(C)(c1ccc(OC(F)(F)F)nn1)C(O)O. The Labute approximate surface area is 94.9 Å². The van der Waals surface area contributed by atoms with Gasteiger partial charge in [-0.05, 0) is 19.9 Å². The lowest BCUT2D eigenvalue weighted by Gasteiger charge is -2.25. The Hall–Kier alpha value is -1.41. The summed E-state index contributed by atoms with van der Waals surface area (Å²) in [6.07, 6.45) is -6.53. The van der Waals surface area contributed by atoms with Gasteiger partial charge >= 0.3 is 6.36 Å². The number of hydrogen-bond donors (Lipinski definition) is 2. The van der Waals surface area contributed by atoms with E-state index in [9.17, 15) is 13.2 Å². The smallest absolute Gasteiger partial charge is 0.386 e. The number of nitrogens with zero attached hydrogens (tertiary/aromatic N) is 2. The van der Waals surface area contributed by atoms with E-state index < -0.39 is 23.9 Å². The summed E-state index contributed by atoms with van der Waals surface area (Å²) in [7, 11) is 0. The molecule has 0 radical (unpaired) electrons. The zero-order valence-corrected chi connectivity index (χ0v) is 9.06. The summed E-state index contributed by atoms with van der Waals surface area (Å²) in [6, 6.07) is 2.15. The fourth-order valence-corrected chi connectivity index (χ4v) is 0.969. The molecule has 2 N–H and O–H groups in total. The van der Waals surface area contributed by atoms with Crippen molar-refractivity contribution in [2.24, 2.45) is 0 Å². The van der Waals surface area contributed by atoms with Crippen LogP contribution in [0.15, 0.2) is 12.1 Å². The molecule has 0 aliphatic heterocycles. The van der Waals surface area contributed by atoms with Gasteiger partial charge < -0.3 is 14.9 Å². The summed E-state index contributed by atoms with van der Waals surface area (Å²) in [6.45, 7) is 2.93. The molecule has 0 unspecified atom stereocenters. The highest BCUT2D eigenvalue weighted by molar-refractivity contribution is 5.18. The maximum Gasteiger partial charge on any atom is 0.574 e. The van der Waals surface area contributed by atoms with Crippen molar-refractivity contribution < 1.29 is 28.1 Å². The Kier molecular flexibility index (Phi) is 3.58. The molecule has 0 aromatic carbocycles. The normalized spacial score (nSPS) is 12.9. The molecular formula is C9H11F3N2O3. The van der Waals surface area contributed by atoms with Crippen molar-refractivity contribution in [3.8, 4) is 5.88 Å². The monoisotopic (exact) mass is 252 g/mol. The summed E-state index contributed by atoms with van der Waals surface area (Å²) in [5, 5.41) is 24.8. The molecule has 1 aromatic rings. The van der Waals surface area contributed by atoms with E-state index in [1.807, 2.05) is 0 Å². The van der Waals surface area contributed by atoms with Crippen LogP contribution in [0, 0.1) is 0 Å². The van der Waals surface area contributed by atoms with Crippen molar-refractivity contribution in [1.82, 2.24) is 10.2 Å². The first-order valence-electron chi connectivity index (χ1n) is 4.59. The third-order valence-corrected chi connectivity index (χ3v) is 2.17. The van der Waals surface area contributed by atoms with Crippen LogP contribution in [-0.2, 0) is 5.41 Å². The minimum atomic E-state index is -4.83. The molecule has 96 valence electrons. The molecule has 0 saturated heterocycles. The second-order valence-corrected chi connectivity index (χ2v) is 3.90. The zero-order chi connectivity index (χ0) is 13.3.